The second kappa shape index (κ2) is 7.44. The van der Waals surface area contributed by atoms with Crippen LogP contribution in [0.25, 0.3) is 0 Å². The molecule has 2 aromatic rings. The lowest BCUT2D eigenvalue weighted by molar-refractivity contribution is 0.415. The van der Waals surface area contributed by atoms with Gasteiger partial charge in [0.25, 0.3) is 0 Å². The molecule has 3 N–H and O–H groups in total. The molecule has 0 spiro atoms. The first-order valence-corrected chi connectivity index (χ1v) is 6.76. The number of methoxy groups -OCH3 is 1. The van der Waals surface area contributed by atoms with Crippen LogP contribution >= 0.6 is 12.2 Å². The molecule has 6 heteroatoms. The molecule has 0 fully saturated rings. The van der Waals surface area contributed by atoms with Gasteiger partial charge in [-0.3, -0.25) is 10.9 Å². The van der Waals surface area contributed by atoms with Gasteiger partial charge in [-0.15, -0.1) is 0 Å². The van der Waals surface area contributed by atoms with Crippen LogP contribution in [0.5, 0.6) is 5.75 Å². The second-order valence-electron chi connectivity index (χ2n) is 4.29. The Morgan fingerprint density at radius 3 is 2.67 bits per heavy atom. The van der Waals surface area contributed by atoms with E-state index in [0.29, 0.717) is 11.7 Å². The molecule has 21 heavy (non-hydrogen) atoms. The zero-order chi connectivity index (χ0) is 15.1. The minimum Gasteiger partial charge on any atom is -0.497 e. The Bertz CT molecular complexity index is 604. The molecule has 110 valence electrons. The predicted octanol–water partition coefficient (Wildman–Crippen LogP) is 2.83. The Hall–Kier alpha value is -2.34. The van der Waals surface area contributed by atoms with Crippen molar-refractivity contribution in [2.75, 3.05) is 12.5 Å². The van der Waals surface area contributed by atoms with Crippen LogP contribution in [0.3, 0.4) is 0 Å². The summed E-state index contributed by atoms with van der Waals surface area (Å²) in [6.45, 7) is 0.520. The topological polar surface area (TPSA) is 45.3 Å². The van der Waals surface area contributed by atoms with E-state index in [1.807, 2.05) is 24.3 Å². The third-order valence-electron chi connectivity index (χ3n) is 2.76. The van der Waals surface area contributed by atoms with Crippen LogP contribution < -0.4 is 20.9 Å². The molecule has 0 bridgehead atoms. The summed E-state index contributed by atoms with van der Waals surface area (Å²) in [6, 6.07) is 13.7. The van der Waals surface area contributed by atoms with Gasteiger partial charge in [0.05, 0.1) is 12.8 Å². The molecule has 0 amide bonds. The van der Waals surface area contributed by atoms with E-state index < -0.39 is 0 Å². The predicted molar refractivity (Wildman–Crippen MR) is 85.6 cm³/mol. The SMILES string of the molecule is COc1cccc(NNC(=S)NCc2ccc(F)cc2)c1. The molecule has 0 aromatic heterocycles. The molecule has 0 atom stereocenters. The summed E-state index contributed by atoms with van der Waals surface area (Å²) in [4.78, 5) is 0. The average molecular weight is 305 g/mol. The number of anilines is 1. The summed E-state index contributed by atoms with van der Waals surface area (Å²) in [5.74, 6) is 0.506. The van der Waals surface area contributed by atoms with Gasteiger partial charge in [0.15, 0.2) is 5.11 Å². The zero-order valence-corrected chi connectivity index (χ0v) is 12.3. The van der Waals surface area contributed by atoms with E-state index in [2.05, 4.69) is 16.2 Å². The van der Waals surface area contributed by atoms with E-state index in [9.17, 15) is 4.39 Å². The lowest BCUT2D eigenvalue weighted by Gasteiger charge is -2.13. The number of hydrogen-bond donors (Lipinski definition) is 3. The highest BCUT2D eigenvalue weighted by Crippen LogP contribution is 2.15. The van der Waals surface area contributed by atoms with E-state index in [1.54, 1.807) is 19.2 Å². The van der Waals surface area contributed by atoms with E-state index in [-0.39, 0.29) is 5.82 Å². The number of halogens is 1. The maximum Gasteiger partial charge on any atom is 0.185 e. The molecule has 0 saturated heterocycles. The number of nitrogens with one attached hydrogen (secondary N) is 3. The van der Waals surface area contributed by atoms with Crippen LogP contribution in [0.2, 0.25) is 0 Å². The van der Waals surface area contributed by atoms with Gasteiger partial charge in [-0.05, 0) is 42.0 Å². The van der Waals surface area contributed by atoms with Crippen LogP contribution in [0.1, 0.15) is 5.56 Å². The lowest BCUT2D eigenvalue weighted by atomic mass is 10.2. The highest BCUT2D eigenvalue weighted by molar-refractivity contribution is 7.80. The first-order valence-electron chi connectivity index (χ1n) is 6.36. The fourth-order valence-electron chi connectivity index (χ4n) is 1.66. The molecule has 2 aromatic carbocycles. The van der Waals surface area contributed by atoms with Crippen LogP contribution in [-0.4, -0.2) is 12.2 Å². The Labute approximate surface area is 128 Å². The Kier molecular flexibility index (Phi) is 5.34. The molecule has 0 saturated carbocycles. The Balaban J connectivity index is 1.78. The summed E-state index contributed by atoms with van der Waals surface area (Å²) in [5, 5.41) is 3.47. The van der Waals surface area contributed by atoms with Gasteiger partial charge < -0.3 is 10.1 Å². The number of thiocarbonyl (C=S) groups is 1. The molecular weight excluding hydrogens is 289 g/mol. The minimum absolute atomic E-state index is 0.251. The molecule has 4 nitrogen and oxygen atoms in total. The van der Waals surface area contributed by atoms with Crippen molar-refractivity contribution < 1.29 is 9.13 Å². The Morgan fingerprint density at radius 1 is 1.19 bits per heavy atom. The monoisotopic (exact) mass is 305 g/mol. The van der Waals surface area contributed by atoms with Gasteiger partial charge in [-0.1, -0.05) is 18.2 Å². The fourth-order valence-corrected chi connectivity index (χ4v) is 1.78. The molecule has 0 unspecified atom stereocenters. The Morgan fingerprint density at radius 2 is 1.95 bits per heavy atom. The summed E-state index contributed by atoms with van der Waals surface area (Å²) in [6.07, 6.45) is 0. The van der Waals surface area contributed by atoms with Gasteiger partial charge in [0, 0.05) is 12.6 Å². The smallest absolute Gasteiger partial charge is 0.185 e. The fraction of sp³-hybridized carbons (Fsp3) is 0.133. The number of hydrogen-bond acceptors (Lipinski definition) is 3. The van der Waals surface area contributed by atoms with E-state index in [0.717, 1.165) is 17.0 Å². The van der Waals surface area contributed by atoms with Crippen molar-refractivity contribution in [1.29, 1.82) is 0 Å². The van der Waals surface area contributed by atoms with Crippen molar-refractivity contribution in [2.24, 2.45) is 0 Å². The van der Waals surface area contributed by atoms with Crippen LogP contribution in [0, 0.1) is 5.82 Å². The summed E-state index contributed by atoms with van der Waals surface area (Å²) < 4.78 is 17.9. The van der Waals surface area contributed by atoms with Crippen molar-refractivity contribution >= 4 is 23.0 Å². The van der Waals surface area contributed by atoms with Crippen LogP contribution in [0.15, 0.2) is 48.5 Å². The molecule has 0 aliphatic carbocycles. The number of hydrazine groups is 1. The van der Waals surface area contributed by atoms with Crippen LogP contribution in [-0.2, 0) is 6.54 Å². The highest BCUT2D eigenvalue weighted by Gasteiger charge is 1.98. The molecular formula is C15H16FN3OS. The normalized spacial score (nSPS) is 9.81. The number of ether oxygens (including phenoxy) is 1. The van der Waals surface area contributed by atoms with Crippen molar-refractivity contribution in [3.63, 3.8) is 0 Å². The highest BCUT2D eigenvalue weighted by atomic mass is 32.1. The van der Waals surface area contributed by atoms with Crippen molar-refractivity contribution in [1.82, 2.24) is 10.7 Å². The third-order valence-corrected chi connectivity index (χ3v) is 3.00. The first kappa shape index (κ1) is 15.1. The van der Waals surface area contributed by atoms with E-state index in [4.69, 9.17) is 17.0 Å². The van der Waals surface area contributed by atoms with Crippen molar-refractivity contribution in [3.05, 3.63) is 59.9 Å². The van der Waals surface area contributed by atoms with E-state index in [1.165, 1.54) is 12.1 Å². The third kappa shape index (κ3) is 4.92. The average Bonchev–Trinajstić information content (AvgIpc) is 2.52. The molecule has 0 aliphatic heterocycles. The molecule has 0 radical (unpaired) electrons. The second-order valence-corrected chi connectivity index (χ2v) is 4.70. The first-order chi connectivity index (χ1) is 10.2. The van der Waals surface area contributed by atoms with Gasteiger partial charge in [0.1, 0.15) is 11.6 Å². The summed E-state index contributed by atoms with van der Waals surface area (Å²) in [5.41, 5.74) is 7.62. The van der Waals surface area contributed by atoms with Gasteiger partial charge in [-0.25, -0.2) is 4.39 Å². The standard InChI is InChI=1S/C15H16FN3OS/c1-20-14-4-2-3-13(9-14)18-19-15(21)17-10-11-5-7-12(16)8-6-11/h2-9,18H,10H2,1H3,(H2,17,19,21). The number of benzene rings is 2. The maximum atomic E-state index is 12.8. The van der Waals surface area contributed by atoms with Crippen LogP contribution in [0.4, 0.5) is 10.1 Å². The van der Waals surface area contributed by atoms with Gasteiger partial charge >= 0.3 is 0 Å². The minimum atomic E-state index is -0.251. The quantitative estimate of drug-likeness (QED) is 0.586. The largest absolute Gasteiger partial charge is 0.497 e. The van der Waals surface area contributed by atoms with Crippen molar-refractivity contribution in [2.45, 2.75) is 6.54 Å². The maximum absolute atomic E-state index is 12.8. The summed E-state index contributed by atoms with van der Waals surface area (Å²) in [7, 11) is 1.61. The number of rotatable bonds is 5. The van der Waals surface area contributed by atoms with Crippen molar-refractivity contribution in [3.8, 4) is 5.75 Å². The van der Waals surface area contributed by atoms with E-state index >= 15 is 0 Å². The molecule has 0 heterocycles. The van der Waals surface area contributed by atoms with Gasteiger partial charge in [-0.2, -0.15) is 0 Å². The summed E-state index contributed by atoms with van der Waals surface area (Å²) >= 11 is 5.15. The molecule has 2 rings (SSSR count). The van der Waals surface area contributed by atoms with Gasteiger partial charge in [0.2, 0.25) is 0 Å². The lowest BCUT2D eigenvalue weighted by Crippen LogP contribution is -2.38. The molecule has 0 aliphatic rings. The zero-order valence-electron chi connectivity index (χ0n) is 11.5.